The molecule has 2 aromatic rings. The molecule has 1 fully saturated rings. The van der Waals surface area contributed by atoms with E-state index in [0.29, 0.717) is 29.0 Å². The number of nitrogens with one attached hydrogen (secondary N) is 3. The van der Waals surface area contributed by atoms with E-state index in [-0.39, 0.29) is 36.2 Å². The number of fused-ring (bicyclic) bond motifs is 1. The Bertz CT molecular complexity index is 828. The summed E-state index contributed by atoms with van der Waals surface area (Å²) in [6, 6.07) is 3.81. The molecule has 0 spiro atoms. The predicted octanol–water partition coefficient (Wildman–Crippen LogP) is 2.08. The number of hydrogen-bond acceptors (Lipinski definition) is 7. The molecule has 26 heavy (non-hydrogen) atoms. The molecule has 0 bridgehead atoms. The van der Waals surface area contributed by atoms with Gasteiger partial charge in [0.25, 0.3) is 0 Å². The van der Waals surface area contributed by atoms with Crippen LogP contribution in [0.1, 0.15) is 32.4 Å². The van der Waals surface area contributed by atoms with Crippen molar-refractivity contribution >= 4 is 41.0 Å². The summed E-state index contributed by atoms with van der Waals surface area (Å²) < 4.78 is 0. The lowest BCUT2D eigenvalue weighted by atomic mass is 9.99. The first-order valence-corrected chi connectivity index (χ1v) is 8.43. The van der Waals surface area contributed by atoms with E-state index in [0.717, 1.165) is 19.4 Å². The number of pyridine rings is 1. The number of carbonyl (C=O) groups is 1. The summed E-state index contributed by atoms with van der Waals surface area (Å²) in [5, 5.41) is 19.0. The molecule has 1 unspecified atom stereocenters. The second kappa shape index (κ2) is 8.74. The highest BCUT2D eigenvalue weighted by atomic mass is 35.5. The van der Waals surface area contributed by atoms with E-state index < -0.39 is 0 Å². The lowest BCUT2D eigenvalue weighted by Crippen LogP contribution is -2.37. The summed E-state index contributed by atoms with van der Waals surface area (Å²) in [6.45, 7) is 5.58. The van der Waals surface area contributed by atoms with Crippen LogP contribution in [0.25, 0.3) is 10.9 Å². The number of hydrogen-bond donors (Lipinski definition) is 3. The van der Waals surface area contributed by atoms with E-state index in [1.54, 1.807) is 12.3 Å². The van der Waals surface area contributed by atoms with Crippen molar-refractivity contribution in [3.8, 4) is 6.07 Å². The zero-order valence-electron chi connectivity index (χ0n) is 14.7. The van der Waals surface area contributed by atoms with Crippen molar-refractivity contribution in [2.45, 2.75) is 32.7 Å². The smallest absolute Gasteiger partial charge is 0.231 e. The minimum Gasteiger partial charge on any atom is -0.366 e. The van der Waals surface area contributed by atoms with Gasteiger partial charge in [-0.15, -0.1) is 12.4 Å². The number of carbonyl (C=O) groups excluding carboxylic acids is 1. The maximum atomic E-state index is 12.4. The summed E-state index contributed by atoms with van der Waals surface area (Å²) in [5.74, 6) is 0.620. The van der Waals surface area contributed by atoms with Gasteiger partial charge in [-0.2, -0.15) is 5.26 Å². The zero-order valence-corrected chi connectivity index (χ0v) is 15.6. The maximum absolute atomic E-state index is 12.4. The van der Waals surface area contributed by atoms with Gasteiger partial charge in [-0.1, -0.05) is 0 Å². The van der Waals surface area contributed by atoms with Gasteiger partial charge in [0.2, 0.25) is 11.9 Å². The summed E-state index contributed by atoms with van der Waals surface area (Å²) in [4.78, 5) is 25.3. The third-order valence-corrected chi connectivity index (χ3v) is 4.01. The van der Waals surface area contributed by atoms with Crippen LogP contribution in [0.5, 0.6) is 0 Å². The van der Waals surface area contributed by atoms with Crippen LogP contribution in [0.4, 0.5) is 11.8 Å². The van der Waals surface area contributed by atoms with Crippen LogP contribution in [0.2, 0.25) is 0 Å². The monoisotopic (exact) mass is 375 g/mol. The number of piperidine rings is 1. The first-order chi connectivity index (χ1) is 12.1. The average Bonchev–Trinajstić information content (AvgIpc) is 2.62. The van der Waals surface area contributed by atoms with Gasteiger partial charge in [-0.05, 0) is 39.3 Å². The fourth-order valence-corrected chi connectivity index (χ4v) is 2.82. The second-order valence-electron chi connectivity index (χ2n) is 6.43. The van der Waals surface area contributed by atoms with Gasteiger partial charge in [-0.25, -0.2) is 15.0 Å². The van der Waals surface area contributed by atoms with Crippen molar-refractivity contribution in [3.63, 3.8) is 0 Å². The van der Waals surface area contributed by atoms with Gasteiger partial charge in [0.1, 0.15) is 17.3 Å². The van der Waals surface area contributed by atoms with Crippen molar-refractivity contribution < 1.29 is 4.79 Å². The number of rotatable bonds is 4. The Hall–Kier alpha value is -2.50. The van der Waals surface area contributed by atoms with Crippen LogP contribution in [-0.2, 0) is 4.79 Å². The standard InChI is InChI=1S/C17H21N7O.ClH/c1-10(2)21-15-14-12(6-13(7-18)22-15)9-20-17(23-14)24-16(25)11-4-3-5-19-8-11;/h6,9-11,19H,3-5,8H2,1-2H3,(H,21,22)(H,20,23,24,25);1H. The van der Waals surface area contributed by atoms with Gasteiger partial charge < -0.3 is 10.6 Å². The molecule has 3 rings (SSSR count). The molecule has 8 nitrogen and oxygen atoms in total. The number of amides is 1. The number of nitriles is 1. The molecular weight excluding hydrogens is 354 g/mol. The Morgan fingerprint density at radius 3 is 2.88 bits per heavy atom. The topological polar surface area (TPSA) is 116 Å². The maximum Gasteiger partial charge on any atom is 0.231 e. The molecule has 0 radical (unpaired) electrons. The second-order valence-corrected chi connectivity index (χ2v) is 6.43. The molecule has 1 aliphatic heterocycles. The van der Waals surface area contributed by atoms with E-state index in [9.17, 15) is 4.79 Å². The van der Waals surface area contributed by atoms with Gasteiger partial charge in [0.05, 0.1) is 5.92 Å². The number of anilines is 2. The number of nitrogens with zero attached hydrogens (tertiary/aromatic N) is 4. The molecule has 2 aromatic heterocycles. The molecule has 0 aliphatic carbocycles. The van der Waals surface area contributed by atoms with Gasteiger partial charge >= 0.3 is 0 Å². The summed E-state index contributed by atoms with van der Waals surface area (Å²) in [5.41, 5.74) is 0.879. The molecule has 1 saturated heterocycles. The molecule has 3 heterocycles. The fraction of sp³-hybridized carbons (Fsp3) is 0.471. The van der Waals surface area contributed by atoms with Gasteiger partial charge in [0, 0.05) is 24.2 Å². The van der Waals surface area contributed by atoms with Crippen molar-refractivity contribution in [1.29, 1.82) is 5.26 Å². The van der Waals surface area contributed by atoms with Crippen molar-refractivity contribution in [3.05, 3.63) is 18.0 Å². The van der Waals surface area contributed by atoms with E-state index in [1.165, 1.54) is 0 Å². The Kier molecular flexibility index (Phi) is 6.66. The zero-order chi connectivity index (χ0) is 17.8. The number of halogens is 1. The van der Waals surface area contributed by atoms with Gasteiger partial charge in [0.15, 0.2) is 5.82 Å². The lowest BCUT2D eigenvalue weighted by Gasteiger charge is -2.21. The first-order valence-electron chi connectivity index (χ1n) is 8.43. The lowest BCUT2D eigenvalue weighted by molar-refractivity contribution is -0.120. The molecule has 0 saturated carbocycles. The van der Waals surface area contributed by atoms with Crippen LogP contribution in [0.15, 0.2) is 12.3 Å². The van der Waals surface area contributed by atoms with Crippen LogP contribution < -0.4 is 16.0 Å². The Labute approximate surface area is 158 Å². The highest BCUT2D eigenvalue weighted by Crippen LogP contribution is 2.22. The molecule has 9 heteroatoms. The minimum absolute atomic E-state index is 0. The molecule has 3 N–H and O–H groups in total. The minimum atomic E-state index is -0.0773. The first kappa shape index (κ1) is 19.8. The molecule has 138 valence electrons. The Morgan fingerprint density at radius 2 is 2.23 bits per heavy atom. The quantitative estimate of drug-likeness (QED) is 0.749. The Balaban J connectivity index is 0.00000243. The molecular formula is C17H22ClN7O. The van der Waals surface area contributed by atoms with Crippen LogP contribution in [0.3, 0.4) is 0 Å². The normalized spacial score (nSPS) is 16.6. The predicted molar refractivity (Wildman–Crippen MR) is 102 cm³/mol. The molecule has 1 atom stereocenters. The van der Waals surface area contributed by atoms with Crippen molar-refractivity contribution in [1.82, 2.24) is 20.3 Å². The third kappa shape index (κ3) is 4.56. The van der Waals surface area contributed by atoms with E-state index >= 15 is 0 Å². The third-order valence-electron chi connectivity index (χ3n) is 4.01. The molecule has 1 amide bonds. The fourth-order valence-electron chi connectivity index (χ4n) is 2.82. The molecule has 0 aromatic carbocycles. The van der Waals surface area contributed by atoms with Crippen molar-refractivity contribution in [2.24, 2.45) is 5.92 Å². The SMILES string of the molecule is CC(C)Nc1nc(C#N)cc2cnc(NC(=O)C3CCCNC3)nc12.Cl. The largest absolute Gasteiger partial charge is 0.366 e. The molecule has 1 aliphatic rings. The van der Waals surface area contributed by atoms with Crippen LogP contribution in [-0.4, -0.2) is 40.0 Å². The van der Waals surface area contributed by atoms with E-state index in [1.807, 2.05) is 19.9 Å². The summed E-state index contributed by atoms with van der Waals surface area (Å²) in [7, 11) is 0. The van der Waals surface area contributed by atoms with Crippen LogP contribution in [0, 0.1) is 17.2 Å². The van der Waals surface area contributed by atoms with Crippen molar-refractivity contribution in [2.75, 3.05) is 23.7 Å². The Morgan fingerprint density at radius 1 is 1.42 bits per heavy atom. The summed E-state index contributed by atoms with van der Waals surface area (Å²) in [6.07, 6.45) is 3.45. The average molecular weight is 376 g/mol. The van der Waals surface area contributed by atoms with Gasteiger partial charge in [-0.3, -0.25) is 10.1 Å². The van der Waals surface area contributed by atoms with E-state index in [2.05, 4.69) is 30.9 Å². The van der Waals surface area contributed by atoms with Crippen LogP contribution >= 0.6 is 12.4 Å². The number of aromatic nitrogens is 3. The highest BCUT2D eigenvalue weighted by molar-refractivity contribution is 5.94. The highest BCUT2D eigenvalue weighted by Gasteiger charge is 2.22. The summed E-state index contributed by atoms with van der Waals surface area (Å²) >= 11 is 0. The van der Waals surface area contributed by atoms with E-state index in [4.69, 9.17) is 5.26 Å².